The number of carboxylic acids is 1. The first-order valence-electron chi connectivity index (χ1n) is 9.30. The number of hydrogen-bond donors (Lipinski definition) is 1. The zero-order chi connectivity index (χ0) is 21.4. The number of halogens is 3. The van der Waals surface area contributed by atoms with Gasteiger partial charge in [-0.2, -0.15) is 13.2 Å². The third-order valence-electron chi connectivity index (χ3n) is 4.40. The van der Waals surface area contributed by atoms with Crippen LogP contribution in [0.2, 0.25) is 0 Å². The molecule has 154 valence electrons. The van der Waals surface area contributed by atoms with Crippen molar-refractivity contribution >= 4 is 11.5 Å². The van der Waals surface area contributed by atoms with Gasteiger partial charge in [0.15, 0.2) is 0 Å². The summed E-state index contributed by atoms with van der Waals surface area (Å²) in [6.45, 7) is 4.09. The Morgan fingerprint density at radius 2 is 1.52 bits per heavy atom. The molecule has 0 radical (unpaired) electrons. The van der Waals surface area contributed by atoms with Crippen LogP contribution in [0.1, 0.15) is 43.4 Å². The van der Waals surface area contributed by atoms with E-state index in [4.69, 9.17) is 9.84 Å². The summed E-state index contributed by atoms with van der Waals surface area (Å²) in [6, 6.07) is 12.0. The van der Waals surface area contributed by atoms with E-state index in [9.17, 15) is 18.0 Å². The molecule has 0 bridgehead atoms. The highest BCUT2D eigenvalue weighted by Crippen LogP contribution is 2.32. The Morgan fingerprint density at radius 3 is 1.97 bits per heavy atom. The summed E-state index contributed by atoms with van der Waals surface area (Å²) in [4.78, 5) is 10.8. The van der Waals surface area contributed by atoms with Gasteiger partial charge in [0.25, 0.3) is 0 Å². The van der Waals surface area contributed by atoms with E-state index in [2.05, 4.69) is 0 Å². The molecule has 3 nitrogen and oxygen atoms in total. The topological polar surface area (TPSA) is 46.5 Å². The van der Waals surface area contributed by atoms with Crippen LogP contribution in [0.25, 0.3) is 5.57 Å². The van der Waals surface area contributed by atoms with Crippen molar-refractivity contribution in [1.82, 2.24) is 0 Å². The molecule has 2 rings (SSSR count). The highest BCUT2D eigenvalue weighted by atomic mass is 19.4. The molecule has 0 unspecified atom stereocenters. The molecule has 1 N–H and O–H groups in total. The molecular formula is C23H23F3O3. The Kier molecular flexibility index (Phi) is 7.65. The van der Waals surface area contributed by atoms with Gasteiger partial charge in [0.2, 0.25) is 0 Å². The molecule has 2 aromatic rings. The summed E-state index contributed by atoms with van der Waals surface area (Å²) in [6.07, 6.45) is 1.35. The molecule has 0 aliphatic heterocycles. The molecule has 0 heterocycles. The summed E-state index contributed by atoms with van der Waals surface area (Å²) in [5, 5.41) is 8.80. The number of allylic oxidation sites excluding steroid dienone is 2. The summed E-state index contributed by atoms with van der Waals surface area (Å²) < 4.78 is 44.4. The predicted octanol–water partition coefficient (Wildman–Crippen LogP) is 6.35. The van der Waals surface area contributed by atoms with Gasteiger partial charge in [-0.15, -0.1) is 0 Å². The van der Waals surface area contributed by atoms with Crippen molar-refractivity contribution in [2.45, 2.75) is 39.0 Å². The van der Waals surface area contributed by atoms with E-state index in [1.165, 1.54) is 18.2 Å². The van der Waals surface area contributed by atoms with Crippen molar-refractivity contribution in [3.8, 4) is 5.75 Å². The largest absolute Gasteiger partial charge is 0.490 e. The lowest BCUT2D eigenvalue weighted by atomic mass is 9.96. The lowest BCUT2D eigenvalue weighted by Gasteiger charge is -2.16. The van der Waals surface area contributed by atoms with Crippen LogP contribution in [0.15, 0.2) is 66.8 Å². The van der Waals surface area contributed by atoms with Gasteiger partial charge in [-0.1, -0.05) is 50.3 Å². The number of ether oxygens (including phenoxy) is 1. The van der Waals surface area contributed by atoms with Crippen molar-refractivity contribution in [2.24, 2.45) is 0 Å². The minimum absolute atomic E-state index is 0.115. The van der Waals surface area contributed by atoms with Gasteiger partial charge in [0.1, 0.15) is 5.75 Å². The van der Waals surface area contributed by atoms with E-state index in [1.54, 1.807) is 30.3 Å². The molecule has 6 heteroatoms. The highest BCUT2D eigenvalue weighted by Gasteiger charge is 2.30. The maximum Gasteiger partial charge on any atom is 0.416 e. The zero-order valence-corrected chi connectivity index (χ0v) is 16.2. The molecule has 0 aromatic heterocycles. The van der Waals surface area contributed by atoms with Crippen LogP contribution in [0.5, 0.6) is 5.75 Å². The normalized spacial score (nSPS) is 12.6. The van der Waals surface area contributed by atoms with Crippen LogP contribution in [-0.4, -0.2) is 17.2 Å². The van der Waals surface area contributed by atoms with E-state index in [0.717, 1.165) is 36.6 Å². The molecule has 0 spiro atoms. The van der Waals surface area contributed by atoms with Crippen LogP contribution in [0.3, 0.4) is 0 Å². The van der Waals surface area contributed by atoms with Crippen LogP contribution in [-0.2, 0) is 11.0 Å². The molecule has 0 amide bonds. The molecule has 0 aliphatic rings. The van der Waals surface area contributed by atoms with Gasteiger partial charge in [0.05, 0.1) is 11.7 Å². The first-order chi connectivity index (χ1) is 13.7. The van der Waals surface area contributed by atoms with Gasteiger partial charge in [0, 0.05) is 6.08 Å². The number of benzene rings is 2. The van der Waals surface area contributed by atoms with Crippen molar-refractivity contribution < 1.29 is 27.8 Å². The zero-order valence-electron chi connectivity index (χ0n) is 16.2. The Morgan fingerprint density at radius 1 is 1.00 bits per heavy atom. The van der Waals surface area contributed by atoms with Crippen molar-refractivity contribution in [3.63, 3.8) is 0 Å². The second-order valence-electron chi connectivity index (χ2n) is 6.43. The number of carboxylic acid groups (broad SMARTS) is 1. The summed E-state index contributed by atoms with van der Waals surface area (Å²) in [5.41, 5.74) is 1.14. The average molecular weight is 404 g/mol. The van der Waals surface area contributed by atoms with Crippen molar-refractivity contribution in [3.05, 3.63) is 83.4 Å². The Hall–Kier alpha value is -3.02. The highest BCUT2D eigenvalue weighted by molar-refractivity contribution is 5.84. The smallest absolute Gasteiger partial charge is 0.416 e. The predicted molar refractivity (Wildman–Crippen MR) is 107 cm³/mol. The molecule has 0 saturated carbocycles. The van der Waals surface area contributed by atoms with Gasteiger partial charge < -0.3 is 9.84 Å². The van der Waals surface area contributed by atoms with Crippen LogP contribution >= 0.6 is 0 Å². The second-order valence-corrected chi connectivity index (χ2v) is 6.43. The number of rotatable bonds is 8. The molecule has 29 heavy (non-hydrogen) atoms. The summed E-state index contributed by atoms with van der Waals surface area (Å²) in [7, 11) is 0. The van der Waals surface area contributed by atoms with Gasteiger partial charge in [-0.3, -0.25) is 0 Å². The Balaban J connectivity index is 2.37. The van der Waals surface area contributed by atoms with Gasteiger partial charge in [-0.25, -0.2) is 4.79 Å². The monoisotopic (exact) mass is 404 g/mol. The quantitative estimate of drug-likeness (QED) is 0.412. The standard InChI is InChI=1S/C23H23F3O3/c1-3-19(4-2)29-20-14-10-17(11-15-20)21(6-5-7-22(27)28)16-8-12-18(13-9-16)23(24,25)26/h5-15,19H,3-4H2,1-2H3,(H,27,28)/b7-5+,21-6+. The number of alkyl halides is 3. The van der Waals surface area contributed by atoms with E-state index in [0.29, 0.717) is 16.9 Å². The molecule has 0 fully saturated rings. The summed E-state index contributed by atoms with van der Waals surface area (Å²) >= 11 is 0. The van der Waals surface area contributed by atoms with Crippen molar-refractivity contribution in [1.29, 1.82) is 0 Å². The first kappa shape index (κ1) is 22.3. The maximum absolute atomic E-state index is 12.8. The average Bonchev–Trinajstić information content (AvgIpc) is 2.69. The number of aliphatic carboxylic acids is 1. The lowest BCUT2D eigenvalue weighted by molar-refractivity contribution is -0.137. The molecule has 2 aromatic carbocycles. The van der Waals surface area contributed by atoms with E-state index < -0.39 is 17.7 Å². The fraction of sp³-hybridized carbons (Fsp3) is 0.261. The third-order valence-corrected chi connectivity index (χ3v) is 4.40. The Bertz CT molecular complexity index is 860. The minimum Gasteiger partial charge on any atom is -0.490 e. The SMILES string of the molecule is CCC(CC)Oc1ccc(/C(=C/C=C/C(=O)O)c2ccc(C(F)(F)F)cc2)cc1. The molecule has 0 saturated heterocycles. The second kappa shape index (κ2) is 9.96. The molecular weight excluding hydrogens is 381 g/mol. The van der Waals surface area contributed by atoms with Crippen LogP contribution in [0.4, 0.5) is 13.2 Å². The van der Waals surface area contributed by atoms with Crippen LogP contribution in [0, 0.1) is 0 Å². The number of carbonyl (C=O) groups is 1. The van der Waals surface area contributed by atoms with E-state index in [1.807, 2.05) is 13.8 Å². The van der Waals surface area contributed by atoms with Crippen LogP contribution < -0.4 is 4.74 Å². The Labute approximate surface area is 168 Å². The number of hydrogen-bond acceptors (Lipinski definition) is 2. The first-order valence-corrected chi connectivity index (χ1v) is 9.30. The molecule has 0 atom stereocenters. The molecule has 0 aliphatic carbocycles. The lowest BCUT2D eigenvalue weighted by Crippen LogP contribution is -2.13. The minimum atomic E-state index is -4.42. The third kappa shape index (κ3) is 6.52. The fourth-order valence-electron chi connectivity index (χ4n) is 2.79. The van der Waals surface area contributed by atoms with Crippen molar-refractivity contribution in [2.75, 3.05) is 0 Å². The fourth-order valence-corrected chi connectivity index (χ4v) is 2.79. The van der Waals surface area contributed by atoms with Gasteiger partial charge in [-0.05, 0) is 53.8 Å². The van der Waals surface area contributed by atoms with E-state index in [-0.39, 0.29) is 6.10 Å². The maximum atomic E-state index is 12.8. The van der Waals surface area contributed by atoms with E-state index >= 15 is 0 Å². The van der Waals surface area contributed by atoms with Gasteiger partial charge >= 0.3 is 12.1 Å². The summed E-state index contributed by atoms with van der Waals surface area (Å²) in [5.74, 6) is -0.405.